The van der Waals surface area contributed by atoms with Crippen LogP contribution in [0.15, 0.2) is 34.8 Å². The van der Waals surface area contributed by atoms with Crippen LogP contribution in [0.1, 0.15) is 47.2 Å². The molecule has 0 spiro atoms. The molecule has 1 aromatic rings. The second-order valence-electron chi connectivity index (χ2n) is 9.76. The first-order valence-corrected chi connectivity index (χ1v) is 11.8. The van der Waals surface area contributed by atoms with Gasteiger partial charge in [-0.1, -0.05) is 11.8 Å². The SMILES string of the molecule is CN(C)[C@H]1C(O)=C(C(N)=O)C(=O)[C@@]2(O)C(O)=C3C(=O)c4c(O)ccc(C#CCCCC#N)c4C[C@@H]3C[C@@H]12. The predicted octanol–water partition coefficient (Wildman–Crippen LogP) is 1.17. The molecule has 10 nitrogen and oxygen atoms in total. The largest absolute Gasteiger partial charge is 0.510 e. The molecular weight excluding hydrogens is 478 g/mol. The van der Waals surface area contributed by atoms with Crippen LogP contribution in [0.25, 0.3) is 0 Å². The fraction of sp³-hybridized carbons (Fsp3) is 0.407. The zero-order chi connectivity index (χ0) is 27.2. The van der Waals surface area contributed by atoms with E-state index in [1.54, 1.807) is 20.2 Å². The molecule has 0 fully saturated rings. The minimum atomic E-state index is -2.67. The van der Waals surface area contributed by atoms with Crippen LogP contribution in [0, 0.1) is 35.0 Å². The molecule has 0 saturated carbocycles. The number of aliphatic hydroxyl groups is 3. The van der Waals surface area contributed by atoms with E-state index in [0.29, 0.717) is 30.4 Å². The van der Waals surface area contributed by atoms with Crippen LogP contribution >= 0.6 is 0 Å². The topological polar surface area (TPSA) is 185 Å². The van der Waals surface area contributed by atoms with Gasteiger partial charge in [0.15, 0.2) is 11.4 Å². The Morgan fingerprint density at radius 3 is 2.54 bits per heavy atom. The summed E-state index contributed by atoms with van der Waals surface area (Å²) in [6.07, 6.45) is 1.62. The number of nitrogens with zero attached hydrogens (tertiary/aromatic N) is 2. The lowest BCUT2D eigenvalue weighted by Crippen LogP contribution is -2.63. The lowest BCUT2D eigenvalue weighted by molar-refractivity contribution is -0.148. The van der Waals surface area contributed by atoms with Gasteiger partial charge in [0.25, 0.3) is 5.91 Å². The summed E-state index contributed by atoms with van der Waals surface area (Å²) in [6, 6.07) is 3.90. The van der Waals surface area contributed by atoms with Gasteiger partial charge in [0.05, 0.1) is 17.7 Å². The van der Waals surface area contributed by atoms with E-state index in [4.69, 9.17) is 11.0 Å². The van der Waals surface area contributed by atoms with Crippen molar-refractivity contribution in [2.24, 2.45) is 17.6 Å². The van der Waals surface area contributed by atoms with Crippen molar-refractivity contribution < 1.29 is 34.8 Å². The summed E-state index contributed by atoms with van der Waals surface area (Å²) in [5, 5.41) is 52.9. The van der Waals surface area contributed by atoms with Gasteiger partial charge in [-0.2, -0.15) is 5.26 Å². The number of nitriles is 1. The molecule has 1 aromatic carbocycles. The third kappa shape index (κ3) is 3.86. The number of carbonyl (C=O) groups excluding carboxylic acids is 3. The first kappa shape index (κ1) is 26.0. The Balaban J connectivity index is 1.87. The molecule has 0 heterocycles. The van der Waals surface area contributed by atoms with Gasteiger partial charge in [-0.05, 0) is 57.0 Å². The predicted molar refractivity (Wildman–Crippen MR) is 130 cm³/mol. The Kier molecular flexibility index (Phi) is 6.59. The summed E-state index contributed by atoms with van der Waals surface area (Å²) in [7, 11) is 3.15. The number of likely N-dealkylation sites (N-methyl/N-ethyl adjacent to an activating group) is 1. The monoisotopic (exact) mass is 505 g/mol. The molecular formula is C27H27N3O7. The number of primary amides is 1. The number of hydrogen-bond acceptors (Lipinski definition) is 9. The average molecular weight is 506 g/mol. The number of hydrogen-bond donors (Lipinski definition) is 5. The molecule has 37 heavy (non-hydrogen) atoms. The number of carbonyl (C=O) groups is 3. The van der Waals surface area contributed by atoms with Gasteiger partial charge in [-0.15, -0.1) is 0 Å². The number of amides is 1. The maximum Gasteiger partial charge on any atom is 0.255 e. The summed E-state index contributed by atoms with van der Waals surface area (Å²) < 4.78 is 0. The van der Waals surface area contributed by atoms with Crippen molar-refractivity contribution in [3.05, 3.63) is 51.5 Å². The lowest BCUT2D eigenvalue weighted by Gasteiger charge is -2.50. The summed E-state index contributed by atoms with van der Waals surface area (Å²) >= 11 is 0. The Morgan fingerprint density at radius 2 is 1.92 bits per heavy atom. The highest BCUT2D eigenvalue weighted by Crippen LogP contribution is 2.52. The molecule has 4 atom stereocenters. The lowest BCUT2D eigenvalue weighted by atomic mass is 9.58. The van der Waals surface area contributed by atoms with Crippen molar-refractivity contribution in [1.82, 2.24) is 4.90 Å². The Labute approximate surface area is 213 Å². The molecule has 0 unspecified atom stereocenters. The summed E-state index contributed by atoms with van der Waals surface area (Å²) in [6.45, 7) is 0. The number of unbranched alkanes of at least 4 members (excludes halogenated alkanes) is 2. The van der Waals surface area contributed by atoms with Crippen molar-refractivity contribution in [1.29, 1.82) is 5.26 Å². The van der Waals surface area contributed by atoms with E-state index in [0.717, 1.165) is 0 Å². The van der Waals surface area contributed by atoms with Crippen LogP contribution < -0.4 is 5.73 Å². The zero-order valence-electron chi connectivity index (χ0n) is 20.4. The number of phenolic OH excluding ortho intramolecular Hbond substituents is 1. The number of aliphatic hydroxyl groups excluding tert-OH is 2. The highest BCUT2D eigenvalue weighted by atomic mass is 16.3. The number of ketones is 2. The van der Waals surface area contributed by atoms with Crippen LogP contribution in [-0.4, -0.2) is 68.5 Å². The molecule has 3 aliphatic carbocycles. The van der Waals surface area contributed by atoms with E-state index < -0.39 is 58.0 Å². The third-order valence-corrected chi connectivity index (χ3v) is 7.42. The van der Waals surface area contributed by atoms with E-state index in [1.807, 2.05) is 6.07 Å². The van der Waals surface area contributed by atoms with Crippen molar-refractivity contribution >= 4 is 17.5 Å². The smallest absolute Gasteiger partial charge is 0.255 e. The molecule has 10 heteroatoms. The molecule has 4 rings (SSSR count). The summed E-state index contributed by atoms with van der Waals surface area (Å²) in [5.74, 6) is -0.923. The first-order valence-electron chi connectivity index (χ1n) is 11.8. The van der Waals surface area contributed by atoms with Crippen molar-refractivity contribution in [3.63, 3.8) is 0 Å². The standard InChI is InChI=1S/C27H27N3O7/c1-30(2)21-16-12-14-11-15-13(7-5-3-4-6-10-28)8-9-17(31)19(15)22(32)18(14)24(34)27(16,37)25(35)20(23(21)33)26(29)36/h8-9,14,16,21,31,33-34,37H,3-4,6,11-12H2,1-2H3,(H2,29,36)/t14-,16+,21-,27+/m1/s1. The third-order valence-electron chi connectivity index (χ3n) is 7.42. The number of rotatable bonds is 4. The van der Waals surface area contributed by atoms with Crippen LogP contribution in [0.5, 0.6) is 5.75 Å². The van der Waals surface area contributed by atoms with Gasteiger partial charge >= 0.3 is 0 Å². The number of aromatic hydroxyl groups is 1. The number of Topliss-reactive ketones (excluding diaryl/α,β-unsaturated/α-hetero) is 2. The molecule has 6 N–H and O–H groups in total. The van der Waals surface area contributed by atoms with E-state index >= 15 is 0 Å². The van der Waals surface area contributed by atoms with Crippen LogP contribution in [0.4, 0.5) is 0 Å². The summed E-state index contributed by atoms with van der Waals surface area (Å²) in [4.78, 5) is 40.4. The Hall–Kier alpha value is -4.12. The average Bonchev–Trinajstić information content (AvgIpc) is 2.82. The minimum Gasteiger partial charge on any atom is -0.510 e. The highest BCUT2D eigenvalue weighted by Gasteiger charge is 2.63. The maximum atomic E-state index is 13.6. The van der Waals surface area contributed by atoms with Gasteiger partial charge in [0.1, 0.15) is 22.8 Å². The maximum absolute atomic E-state index is 13.6. The summed E-state index contributed by atoms with van der Waals surface area (Å²) in [5.41, 5.74) is 2.52. The normalized spacial score (nSPS) is 26.6. The van der Waals surface area contributed by atoms with Crippen LogP contribution in [0.2, 0.25) is 0 Å². The highest BCUT2D eigenvalue weighted by molar-refractivity contribution is 6.24. The number of nitrogens with two attached hydrogens (primary N) is 1. The second-order valence-corrected chi connectivity index (χ2v) is 9.76. The fourth-order valence-electron chi connectivity index (χ4n) is 5.78. The fourth-order valence-corrected chi connectivity index (χ4v) is 5.78. The molecule has 3 aliphatic rings. The van der Waals surface area contributed by atoms with Crippen molar-refractivity contribution in [2.45, 2.75) is 43.7 Å². The number of phenols is 1. The molecule has 0 aliphatic heterocycles. The minimum absolute atomic E-state index is 0.0104. The van der Waals surface area contributed by atoms with E-state index in [-0.39, 0.29) is 29.7 Å². The molecule has 0 bridgehead atoms. The molecule has 0 saturated heterocycles. The van der Waals surface area contributed by atoms with Crippen LogP contribution in [0.3, 0.4) is 0 Å². The van der Waals surface area contributed by atoms with Gasteiger partial charge in [-0.3, -0.25) is 19.3 Å². The van der Waals surface area contributed by atoms with Gasteiger partial charge in [0.2, 0.25) is 5.78 Å². The second kappa shape index (κ2) is 9.40. The quantitative estimate of drug-likeness (QED) is 0.227. The zero-order valence-corrected chi connectivity index (χ0v) is 20.4. The van der Waals surface area contributed by atoms with Gasteiger partial charge in [-0.25, -0.2) is 0 Å². The molecule has 0 radical (unpaired) electrons. The number of fused-ring (bicyclic) bond motifs is 3. The molecule has 0 aromatic heterocycles. The van der Waals surface area contributed by atoms with E-state index in [2.05, 4.69) is 11.8 Å². The Morgan fingerprint density at radius 1 is 1.22 bits per heavy atom. The number of benzene rings is 1. The van der Waals surface area contributed by atoms with Gasteiger partial charge < -0.3 is 26.2 Å². The van der Waals surface area contributed by atoms with E-state index in [1.165, 1.54) is 11.0 Å². The van der Waals surface area contributed by atoms with Crippen molar-refractivity contribution in [3.8, 4) is 23.7 Å². The molecule has 1 amide bonds. The van der Waals surface area contributed by atoms with Gasteiger partial charge in [0, 0.05) is 29.9 Å². The first-order chi connectivity index (χ1) is 17.5. The van der Waals surface area contributed by atoms with E-state index in [9.17, 15) is 34.8 Å². The van der Waals surface area contributed by atoms with Crippen molar-refractivity contribution in [2.75, 3.05) is 14.1 Å². The number of allylic oxidation sites excluding steroid dienone is 1. The van der Waals surface area contributed by atoms with Crippen LogP contribution in [-0.2, 0) is 16.0 Å². The Bertz CT molecular complexity index is 1390. The molecule has 192 valence electrons.